The highest BCUT2D eigenvalue weighted by Crippen LogP contribution is 2.37. The summed E-state index contributed by atoms with van der Waals surface area (Å²) in [4.78, 5) is 30.3. The molecule has 3 aromatic heterocycles. The van der Waals surface area contributed by atoms with Crippen molar-refractivity contribution < 1.29 is 19.0 Å². The van der Waals surface area contributed by atoms with E-state index in [2.05, 4.69) is 24.8 Å². The number of piperidine rings is 1. The predicted molar refractivity (Wildman–Crippen MR) is 119 cm³/mol. The average Bonchev–Trinajstić information content (AvgIpc) is 3.23. The number of amides is 1. The number of nitrogens with two attached hydrogens (primary N) is 1. The number of primary amides is 1. The molecule has 1 fully saturated rings. The number of rotatable bonds is 8. The maximum atomic E-state index is 11.8. The van der Waals surface area contributed by atoms with Crippen molar-refractivity contribution >= 4 is 22.8 Å². The van der Waals surface area contributed by atoms with Gasteiger partial charge >= 0.3 is 6.01 Å². The van der Waals surface area contributed by atoms with Crippen LogP contribution in [-0.2, 0) is 4.74 Å². The van der Waals surface area contributed by atoms with Gasteiger partial charge in [0.15, 0.2) is 0 Å². The molecule has 10 heteroatoms. The molecule has 1 aliphatic heterocycles. The third kappa shape index (κ3) is 4.45. The topological polar surface area (TPSA) is 128 Å². The standard InChI is InChI=1S/C22H28N6O4/c1-13(12-30-2)32-22-26-16(20(23)29)10-18(27-22)28-8-5-14(6-9-28)15-11-25-21-19(15)17(31-3)4-7-24-21/h4,7,10-11,13-14H,5-6,8-9,12H2,1-3H3,(H2,23,29)(H,24,25). The Labute approximate surface area is 186 Å². The number of pyridine rings is 1. The summed E-state index contributed by atoms with van der Waals surface area (Å²) in [5.41, 5.74) is 7.66. The third-order valence-electron chi connectivity index (χ3n) is 5.70. The van der Waals surface area contributed by atoms with Crippen LogP contribution in [0.1, 0.15) is 41.7 Å². The van der Waals surface area contributed by atoms with Crippen LogP contribution < -0.4 is 20.1 Å². The molecule has 170 valence electrons. The van der Waals surface area contributed by atoms with Crippen LogP contribution in [-0.4, -0.2) is 65.9 Å². The molecule has 1 amide bonds. The number of nitrogens with one attached hydrogen (secondary N) is 1. The van der Waals surface area contributed by atoms with E-state index < -0.39 is 5.91 Å². The number of hydrogen-bond donors (Lipinski definition) is 2. The van der Waals surface area contributed by atoms with Crippen molar-refractivity contribution in [3.8, 4) is 11.8 Å². The molecule has 0 saturated carbocycles. The molecule has 0 bridgehead atoms. The van der Waals surface area contributed by atoms with E-state index in [1.54, 1.807) is 26.5 Å². The number of carbonyl (C=O) groups is 1. The van der Waals surface area contributed by atoms with Gasteiger partial charge in [-0.25, -0.2) is 4.98 Å². The molecule has 1 unspecified atom stereocenters. The molecular weight excluding hydrogens is 412 g/mol. The largest absolute Gasteiger partial charge is 0.496 e. The number of methoxy groups -OCH3 is 2. The molecule has 1 saturated heterocycles. The summed E-state index contributed by atoms with van der Waals surface area (Å²) in [6.45, 7) is 3.76. The lowest BCUT2D eigenvalue weighted by Crippen LogP contribution is -2.34. The van der Waals surface area contributed by atoms with Gasteiger partial charge in [0, 0.05) is 38.7 Å². The second-order valence-corrected chi connectivity index (χ2v) is 7.88. The Kier molecular flexibility index (Phi) is 6.40. The van der Waals surface area contributed by atoms with Gasteiger partial charge in [-0.3, -0.25) is 4.79 Å². The van der Waals surface area contributed by atoms with Crippen LogP contribution in [0.3, 0.4) is 0 Å². The smallest absolute Gasteiger partial charge is 0.319 e. The fourth-order valence-corrected chi connectivity index (χ4v) is 4.16. The third-order valence-corrected chi connectivity index (χ3v) is 5.70. The van der Waals surface area contributed by atoms with Crippen molar-refractivity contribution in [1.82, 2.24) is 19.9 Å². The zero-order chi connectivity index (χ0) is 22.7. The van der Waals surface area contributed by atoms with E-state index in [4.69, 9.17) is 19.9 Å². The van der Waals surface area contributed by atoms with Crippen LogP contribution in [0.15, 0.2) is 24.5 Å². The molecule has 3 aromatic rings. The van der Waals surface area contributed by atoms with Gasteiger partial charge in [0.1, 0.15) is 29.0 Å². The van der Waals surface area contributed by atoms with E-state index in [9.17, 15) is 4.79 Å². The summed E-state index contributed by atoms with van der Waals surface area (Å²) < 4.78 is 16.4. The molecule has 0 aromatic carbocycles. The van der Waals surface area contributed by atoms with E-state index >= 15 is 0 Å². The summed E-state index contributed by atoms with van der Waals surface area (Å²) in [5, 5.41) is 1.04. The van der Waals surface area contributed by atoms with E-state index in [0.717, 1.165) is 42.7 Å². The molecule has 32 heavy (non-hydrogen) atoms. The van der Waals surface area contributed by atoms with E-state index in [1.807, 2.05) is 19.2 Å². The lowest BCUT2D eigenvalue weighted by Gasteiger charge is -2.33. The minimum absolute atomic E-state index is 0.121. The molecule has 10 nitrogen and oxygen atoms in total. The maximum absolute atomic E-state index is 11.8. The summed E-state index contributed by atoms with van der Waals surface area (Å²) >= 11 is 0. The first-order valence-electron chi connectivity index (χ1n) is 10.6. The summed E-state index contributed by atoms with van der Waals surface area (Å²) in [6.07, 6.45) is 5.34. The first kappa shape index (κ1) is 21.8. The number of ether oxygens (including phenoxy) is 3. The van der Waals surface area contributed by atoms with Gasteiger partial charge in [0.2, 0.25) is 0 Å². The highest BCUT2D eigenvalue weighted by atomic mass is 16.5. The Morgan fingerprint density at radius 1 is 1.31 bits per heavy atom. The molecule has 0 spiro atoms. The lowest BCUT2D eigenvalue weighted by atomic mass is 9.89. The van der Waals surface area contributed by atoms with Gasteiger partial charge < -0.3 is 29.8 Å². The maximum Gasteiger partial charge on any atom is 0.319 e. The number of aromatic amines is 1. The predicted octanol–water partition coefficient (Wildman–Crippen LogP) is 2.26. The van der Waals surface area contributed by atoms with Crippen LogP contribution in [0.25, 0.3) is 11.0 Å². The number of H-pyrrole nitrogens is 1. The Balaban J connectivity index is 1.53. The monoisotopic (exact) mass is 440 g/mol. The Morgan fingerprint density at radius 3 is 2.78 bits per heavy atom. The van der Waals surface area contributed by atoms with Gasteiger partial charge in [-0.1, -0.05) is 0 Å². The minimum atomic E-state index is -0.619. The van der Waals surface area contributed by atoms with E-state index in [1.165, 1.54) is 5.56 Å². The summed E-state index contributed by atoms with van der Waals surface area (Å²) in [5.74, 6) is 1.19. The van der Waals surface area contributed by atoms with Gasteiger partial charge in [-0.05, 0) is 37.3 Å². The van der Waals surface area contributed by atoms with Crippen molar-refractivity contribution in [1.29, 1.82) is 0 Å². The van der Waals surface area contributed by atoms with Crippen LogP contribution in [0.2, 0.25) is 0 Å². The number of hydrogen-bond acceptors (Lipinski definition) is 8. The molecule has 1 atom stereocenters. The fraction of sp³-hybridized carbons (Fsp3) is 0.455. The van der Waals surface area contributed by atoms with Crippen LogP contribution in [0, 0.1) is 0 Å². The summed E-state index contributed by atoms with van der Waals surface area (Å²) in [6, 6.07) is 3.62. The quantitative estimate of drug-likeness (QED) is 0.546. The first-order valence-corrected chi connectivity index (χ1v) is 10.6. The Morgan fingerprint density at radius 2 is 2.09 bits per heavy atom. The zero-order valence-electron chi connectivity index (χ0n) is 18.5. The van der Waals surface area contributed by atoms with Crippen LogP contribution in [0.4, 0.5) is 5.82 Å². The molecule has 0 aliphatic carbocycles. The molecule has 1 aliphatic rings. The second kappa shape index (κ2) is 9.39. The number of fused-ring (bicyclic) bond motifs is 1. The van der Waals surface area contributed by atoms with Gasteiger partial charge in [0.25, 0.3) is 5.91 Å². The Hall–Kier alpha value is -3.40. The van der Waals surface area contributed by atoms with Crippen molar-refractivity contribution in [2.45, 2.75) is 31.8 Å². The van der Waals surface area contributed by atoms with Crippen molar-refractivity contribution in [2.24, 2.45) is 5.73 Å². The number of nitrogens with zero attached hydrogens (tertiary/aromatic N) is 4. The fourth-order valence-electron chi connectivity index (χ4n) is 4.16. The van der Waals surface area contributed by atoms with Crippen molar-refractivity contribution in [3.63, 3.8) is 0 Å². The van der Waals surface area contributed by atoms with Gasteiger partial charge in [0.05, 0.1) is 19.1 Å². The lowest BCUT2D eigenvalue weighted by molar-refractivity contribution is 0.0847. The number of anilines is 1. The van der Waals surface area contributed by atoms with Gasteiger partial charge in [-0.15, -0.1) is 0 Å². The van der Waals surface area contributed by atoms with Gasteiger partial charge in [-0.2, -0.15) is 9.97 Å². The average molecular weight is 441 g/mol. The normalized spacial score (nSPS) is 15.7. The first-order chi connectivity index (χ1) is 15.5. The van der Waals surface area contributed by atoms with Crippen LogP contribution in [0.5, 0.6) is 11.8 Å². The van der Waals surface area contributed by atoms with E-state index in [0.29, 0.717) is 18.3 Å². The molecule has 4 heterocycles. The van der Waals surface area contributed by atoms with E-state index in [-0.39, 0.29) is 17.8 Å². The van der Waals surface area contributed by atoms with Crippen molar-refractivity contribution in [3.05, 3.63) is 35.8 Å². The minimum Gasteiger partial charge on any atom is -0.496 e. The van der Waals surface area contributed by atoms with Crippen LogP contribution >= 0.6 is 0 Å². The second-order valence-electron chi connectivity index (χ2n) is 7.88. The number of aromatic nitrogens is 4. The highest BCUT2D eigenvalue weighted by molar-refractivity contribution is 5.91. The molecule has 4 rings (SSSR count). The Bertz CT molecular complexity index is 1090. The van der Waals surface area contributed by atoms with Crippen molar-refractivity contribution in [2.75, 3.05) is 38.8 Å². The summed E-state index contributed by atoms with van der Waals surface area (Å²) in [7, 11) is 3.27. The zero-order valence-corrected chi connectivity index (χ0v) is 18.5. The molecule has 0 radical (unpaired) electrons. The highest BCUT2D eigenvalue weighted by Gasteiger charge is 2.26. The SMILES string of the molecule is COCC(C)Oc1nc(C(N)=O)cc(N2CCC(c3c[nH]c4nccc(OC)c34)CC2)n1. The molecular formula is C22H28N6O4. The number of carbonyl (C=O) groups excluding carboxylic acids is 1. The molecule has 3 N–H and O–H groups in total.